The van der Waals surface area contributed by atoms with Crippen molar-refractivity contribution in [3.8, 4) is 0 Å². The lowest BCUT2D eigenvalue weighted by molar-refractivity contribution is 0.863. The molecule has 0 atom stereocenters. The van der Waals surface area contributed by atoms with Crippen LogP contribution >= 0.6 is 0 Å². The van der Waals surface area contributed by atoms with E-state index in [0.29, 0.717) is 0 Å². The highest BCUT2D eigenvalue weighted by atomic mass is 15.1. The van der Waals surface area contributed by atoms with Gasteiger partial charge in [-0.2, -0.15) is 5.10 Å². The lowest BCUT2D eigenvalue weighted by atomic mass is 10.1. The molecule has 96 valence electrons. The maximum atomic E-state index is 4.03. The molecule has 0 saturated carbocycles. The smallest absolute Gasteiger partial charge is 0.0670 e. The number of benzene rings is 2. The van der Waals surface area contributed by atoms with Crippen molar-refractivity contribution in [2.24, 2.45) is 0 Å². The number of H-pyrrole nitrogens is 1. The average molecular weight is 251 g/mol. The van der Waals surface area contributed by atoms with Gasteiger partial charge in [-0.3, -0.25) is 5.10 Å². The number of aryl methyl sites for hydroxylation is 1. The van der Waals surface area contributed by atoms with Crippen molar-refractivity contribution in [1.82, 2.24) is 10.2 Å². The number of hydrogen-bond acceptors (Lipinski definition) is 2. The van der Waals surface area contributed by atoms with Gasteiger partial charge in [0.1, 0.15) is 0 Å². The van der Waals surface area contributed by atoms with Gasteiger partial charge >= 0.3 is 0 Å². The summed E-state index contributed by atoms with van der Waals surface area (Å²) < 4.78 is 0. The van der Waals surface area contributed by atoms with Crippen molar-refractivity contribution in [3.05, 3.63) is 60.3 Å². The zero-order valence-electron chi connectivity index (χ0n) is 10.8. The van der Waals surface area contributed by atoms with E-state index in [1.807, 2.05) is 6.20 Å². The molecule has 3 aromatic rings. The second-order valence-electron chi connectivity index (χ2n) is 4.69. The fraction of sp³-hybridized carbons (Fsp3) is 0.188. The summed E-state index contributed by atoms with van der Waals surface area (Å²) in [5, 5.41) is 11.6. The molecular weight excluding hydrogens is 234 g/mol. The number of aromatic nitrogens is 2. The van der Waals surface area contributed by atoms with Crippen LogP contribution in [0.4, 0.5) is 5.69 Å². The van der Waals surface area contributed by atoms with Crippen molar-refractivity contribution < 1.29 is 0 Å². The molecule has 1 heterocycles. The van der Waals surface area contributed by atoms with E-state index in [9.17, 15) is 0 Å². The Labute approximate surface area is 112 Å². The Morgan fingerprint density at radius 1 is 1.05 bits per heavy atom. The highest BCUT2D eigenvalue weighted by Gasteiger charge is 1.97. The van der Waals surface area contributed by atoms with Gasteiger partial charge in [0.2, 0.25) is 0 Å². The van der Waals surface area contributed by atoms with Crippen molar-refractivity contribution in [3.63, 3.8) is 0 Å². The van der Waals surface area contributed by atoms with Crippen LogP contribution in [0.3, 0.4) is 0 Å². The number of nitrogens with one attached hydrogen (secondary N) is 2. The van der Waals surface area contributed by atoms with Gasteiger partial charge in [-0.1, -0.05) is 30.3 Å². The first-order valence-corrected chi connectivity index (χ1v) is 6.63. The van der Waals surface area contributed by atoms with Crippen LogP contribution in [0, 0.1) is 0 Å². The maximum absolute atomic E-state index is 4.03. The number of fused-ring (bicyclic) bond motifs is 1. The van der Waals surface area contributed by atoms with Crippen LogP contribution in [0.25, 0.3) is 10.9 Å². The zero-order valence-corrected chi connectivity index (χ0v) is 10.8. The van der Waals surface area contributed by atoms with E-state index in [-0.39, 0.29) is 0 Å². The average Bonchev–Trinajstić information content (AvgIpc) is 2.92. The van der Waals surface area contributed by atoms with E-state index in [4.69, 9.17) is 0 Å². The molecule has 1 aromatic heterocycles. The van der Waals surface area contributed by atoms with E-state index in [1.165, 1.54) is 5.56 Å². The van der Waals surface area contributed by atoms with Crippen LogP contribution in [-0.4, -0.2) is 16.7 Å². The Kier molecular flexibility index (Phi) is 3.45. The molecule has 0 bridgehead atoms. The summed E-state index contributed by atoms with van der Waals surface area (Å²) in [6.45, 7) is 0.981. The Balaban J connectivity index is 1.52. The molecule has 2 aromatic carbocycles. The van der Waals surface area contributed by atoms with Gasteiger partial charge in [-0.15, -0.1) is 0 Å². The fourth-order valence-corrected chi connectivity index (χ4v) is 2.22. The molecule has 0 aliphatic rings. The lowest BCUT2D eigenvalue weighted by Gasteiger charge is -2.06. The number of aromatic amines is 1. The minimum absolute atomic E-state index is 0.981. The van der Waals surface area contributed by atoms with Crippen LogP contribution in [0.5, 0.6) is 0 Å². The predicted octanol–water partition coefficient (Wildman–Crippen LogP) is 3.61. The van der Waals surface area contributed by atoms with Crippen molar-refractivity contribution >= 4 is 16.6 Å². The van der Waals surface area contributed by atoms with Gasteiger partial charge in [-0.25, -0.2) is 0 Å². The largest absolute Gasteiger partial charge is 0.385 e. The van der Waals surface area contributed by atoms with Crippen LogP contribution in [0.2, 0.25) is 0 Å². The Hall–Kier alpha value is -2.29. The third-order valence-corrected chi connectivity index (χ3v) is 3.26. The van der Waals surface area contributed by atoms with Gasteiger partial charge in [0.25, 0.3) is 0 Å². The van der Waals surface area contributed by atoms with E-state index in [2.05, 4.69) is 64.0 Å². The summed E-state index contributed by atoms with van der Waals surface area (Å²) in [6.07, 6.45) is 4.08. The Morgan fingerprint density at radius 2 is 1.95 bits per heavy atom. The third kappa shape index (κ3) is 2.94. The molecule has 0 saturated heterocycles. The second-order valence-corrected chi connectivity index (χ2v) is 4.69. The number of rotatable bonds is 5. The topological polar surface area (TPSA) is 40.7 Å². The monoisotopic (exact) mass is 251 g/mol. The molecule has 3 heteroatoms. The Morgan fingerprint density at radius 3 is 2.84 bits per heavy atom. The summed E-state index contributed by atoms with van der Waals surface area (Å²) in [5.74, 6) is 0. The zero-order chi connectivity index (χ0) is 12.9. The molecule has 0 amide bonds. The SMILES string of the molecule is c1ccc(CCCNc2ccc3cn[nH]c3c2)cc1. The first kappa shape index (κ1) is 11.8. The van der Waals surface area contributed by atoms with Gasteiger partial charge in [-0.05, 0) is 36.6 Å². The van der Waals surface area contributed by atoms with Crippen LogP contribution in [-0.2, 0) is 6.42 Å². The summed E-state index contributed by atoms with van der Waals surface area (Å²) in [4.78, 5) is 0. The quantitative estimate of drug-likeness (QED) is 0.680. The van der Waals surface area contributed by atoms with Crippen molar-refractivity contribution in [2.45, 2.75) is 12.8 Å². The first-order chi connectivity index (χ1) is 9.42. The van der Waals surface area contributed by atoms with E-state index >= 15 is 0 Å². The number of nitrogens with zero attached hydrogens (tertiary/aromatic N) is 1. The summed E-state index contributed by atoms with van der Waals surface area (Å²) >= 11 is 0. The van der Waals surface area contributed by atoms with E-state index < -0.39 is 0 Å². The molecule has 0 fully saturated rings. The van der Waals surface area contributed by atoms with Gasteiger partial charge in [0.05, 0.1) is 11.7 Å². The van der Waals surface area contributed by atoms with Crippen molar-refractivity contribution in [2.75, 3.05) is 11.9 Å². The van der Waals surface area contributed by atoms with Crippen LogP contribution in [0.1, 0.15) is 12.0 Å². The molecule has 0 aliphatic heterocycles. The molecule has 0 radical (unpaired) electrons. The van der Waals surface area contributed by atoms with Crippen LogP contribution < -0.4 is 5.32 Å². The molecule has 0 aliphatic carbocycles. The fourth-order valence-electron chi connectivity index (χ4n) is 2.22. The predicted molar refractivity (Wildman–Crippen MR) is 79.3 cm³/mol. The Bertz CT molecular complexity index is 643. The molecule has 2 N–H and O–H groups in total. The molecular formula is C16H17N3. The summed E-state index contributed by atoms with van der Waals surface area (Å²) in [5.41, 5.74) is 3.62. The van der Waals surface area contributed by atoms with Gasteiger partial charge in [0.15, 0.2) is 0 Å². The highest BCUT2D eigenvalue weighted by molar-refractivity contribution is 5.81. The number of anilines is 1. The van der Waals surface area contributed by atoms with Crippen molar-refractivity contribution in [1.29, 1.82) is 0 Å². The van der Waals surface area contributed by atoms with Gasteiger partial charge in [0, 0.05) is 17.6 Å². The minimum atomic E-state index is 0.981. The third-order valence-electron chi connectivity index (χ3n) is 3.26. The summed E-state index contributed by atoms with van der Waals surface area (Å²) in [6, 6.07) is 16.9. The molecule has 19 heavy (non-hydrogen) atoms. The molecule has 0 spiro atoms. The minimum Gasteiger partial charge on any atom is -0.385 e. The molecule has 0 unspecified atom stereocenters. The molecule has 3 nitrogen and oxygen atoms in total. The maximum Gasteiger partial charge on any atom is 0.0670 e. The van der Waals surface area contributed by atoms with Crippen LogP contribution in [0.15, 0.2) is 54.7 Å². The molecule has 3 rings (SSSR count). The van der Waals surface area contributed by atoms with Gasteiger partial charge < -0.3 is 5.32 Å². The standard InChI is InChI=1S/C16H17N3/c1-2-5-13(6-3-1)7-4-10-17-15-9-8-14-12-18-19-16(14)11-15/h1-3,5-6,8-9,11-12,17H,4,7,10H2,(H,18,19). The van der Waals surface area contributed by atoms with E-state index in [0.717, 1.165) is 36.0 Å². The van der Waals surface area contributed by atoms with E-state index in [1.54, 1.807) is 0 Å². The second kappa shape index (κ2) is 5.57. The first-order valence-electron chi connectivity index (χ1n) is 6.63. The normalized spacial score (nSPS) is 10.7. The highest BCUT2D eigenvalue weighted by Crippen LogP contribution is 2.16. The summed E-state index contributed by atoms with van der Waals surface area (Å²) in [7, 11) is 0. The lowest BCUT2D eigenvalue weighted by Crippen LogP contribution is -2.02. The number of hydrogen-bond donors (Lipinski definition) is 2.